The van der Waals surface area contributed by atoms with Gasteiger partial charge in [0.15, 0.2) is 24.5 Å². The predicted octanol–water partition coefficient (Wildman–Crippen LogP) is 0.0989. The molecule has 0 bridgehead atoms. The van der Waals surface area contributed by atoms with Crippen LogP contribution in [0.15, 0.2) is 0 Å². The van der Waals surface area contributed by atoms with E-state index in [1.165, 1.54) is 6.92 Å². The average molecular weight is 519 g/mol. The topological polar surface area (TPSA) is 182 Å². The fraction of sp³-hybridized carbons (Fsp3) is 0.727. The van der Waals surface area contributed by atoms with E-state index in [1.54, 1.807) is 20.8 Å². The van der Waals surface area contributed by atoms with Crippen molar-refractivity contribution in [1.82, 2.24) is 10.6 Å². The molecule has 1 aliphatic heterocycles. The average Bonchev–Trinajstić information content (AvgIpc) is 2.68. The highest BCUT2D eigenvalue weighted by molar-refractivity contribution is 5.85. The largest absolute Gasteiger partial charge is 0.463 e. The molecular weight excluding hydrogens is 484 g/mol. The van der Waals surface area contributed by atoms with E-state index in [9.17, 15) is 28.8 Å². The van der Waals surface area contributed by atoms with Crippen LogP contribution in [0.1, 0.15) is 55.4 Å². The number of esters is 4. The lowest BCUT2D eigenvalue weighted by molar-refractivity contribution is -0.257. The van der Waals surface area contributed by atoms with Gasteiger partial charge in [0.1, 0.15) is 24.4 Å². The van der Waals surface area contributed by atoms with Crippen molar-refractivity contribution in [1.29, 1.82) is 0 Å². The molecule has 2 amide bonds. The van der Waals surface area contributed by atoms with Gasteiger partial charge in [-0.1, -0.05) is 0 Å². The number of amides is 2. The second-order valence-corrected chi connectivity index (χ2v) is 9.00. The maximum atomic E-state index is 12.8. The Labute approximate surface area is 208 Å². The van der Waals surface area contributed by atoms with Crippen LogP contribution in [0.25, 0.3) is 0 Å². The Kier molecular flexibility index (Phi) is 11.1. The van der Waals surface area contributed by atoms with E-state index in [1.807, 2.05) is 0 Å². The predicted molar refractivity (Wildman–Crippen MR) is 119 cm³/mol. The van der Waals surface area contributed by atoms with E-state index in [-0.39, 0.29) is 0 Å². The van der Waals surface area contributed by atoms with Gasteiger partial charge in [0.25, 0.3) is 0 Å². The Morgan fingerprint density at radius 3 is 1.78 bits per heavy atom. The molecule has 0 spiro atoms. The van der Waals surface area contributed by atoms with Crippen LogP contribution in [0.2, 0.25) is 0 Å². The van der Waals surface area contributed by atoms with Crippen molar-refractivity contribution in [2.75, 3.05) is 6.61 Å². The molecule has 1 heterocycles. The second kappa shape index (κ2) is 13.0. The first-order chi connectivity index (χ1) is 16.5. The first kappa shape index (κ1) is 30.6. The molecule has 14 nitrogen and oxygen atoms in total. The Morgan fingerprint density at radius 1 is 0.806 bits per heavy atom. The molecule has 1 rings (SSSR count). The SMILES string of the molecule is CC(=O)OC[C@H]1O[C@@H](NC(=O)[C@H](C)NC(=O)OC(C)(C)C)[C@H](OC(C)=O)[C@@H](OC(C)=O)[C@H]1OC(C)=O. The zero-order chi connectivity index (χ0) is 27.8. The molecule has 6 atom stereocenters. The van der Waals surface area contributed by atoms with Crippen LogP contribution in [0, 0.1) is 0 Å². The summed E-state index contributed by atoms with van der Waals surface area (Å²) in [7, 11) is 0. The highest BCUT2D eigenvalue weighted by atomic mass is 16.7. The third-order valence-corrected chi connectivity index (χ3v) is 4.40. The quantitative estimate of drug-likeness (QED) is 0.327. The molecule has 2 N–H and O–H groups in total. The molecule has 0 radical (unpaired) electrons. The molecular formula is C22H34N2O12. The van der Waals surface area contributed by atoms with Gasteiger partial charge < -0.3 is 39.1 Å². The van der Waals surface area contributed by atoms with Gasteiger partial charge in [0.2, 0.25) is 5.91 Å². The summed E-state index contributed by atoms with van der Waals surface area (Å²) in [5, 5.41) is 4.81. The van der Waals surface area contributed by atoms with E-state index in [0.29, 0.717) is 0 Å². The molecule has 0 saturated carbocycles. The summed E-state index contributed by atoms with van der Waals surface area (Å²) in [4.78, 5) is 71.6. The fourth-order valence-corrected chi connectivity index (χ4v) is 3.16. The minimum Gasteiger partial charge on any atom is -0.463 e. The molecule has 14 heteroatoms. The van der Waals surface area contributed by atoms with E-state index >= 15 is 0 Å². The Balaban J connectivity index is 3.26. The number of alkyl carbamates (subject to hydrolysis) is 1. The second-order valence-electron chi connectivity index (χ2n) is 9.00. The molecule has 0 aromatic heterocycles. The smallest absolute Gasteiger partial charge is 0.408 e. The van der Waals surface area contributed by atoms with Crippen molar-refractivity contribution >= 4 is 35.9 Å². The minimum atomic E-state index is -1.47. The van der Waals surface area contributed by atoms with E-state index in [4.69, 9.17) is 28.4 Å². The summed E-state index contributed by atoms with van der Waals surface area (Å²) in [5.74, 6) is -3.87. The monoisotopic (exact) mass is 518 g/mol. The maximum Gasteiger partial charge on any atom is 0.408 e. The lowest BCUT2D eigenvalue weighted by Crippen LogP contribution is -2.67. The Morgan fingerprint density at radius 2 is 1.31 bits per heavy atom. The van der Waals surface area contributed by atoms with Crippen molar-refractivity contribution in [2.45, 2.75) is 97.7 Å². The van der Waals surface area contributed by atoms with Gasteiger partial charge in [-0.15, -0.1) is 0 Å². The van der Waals surface area contributed by atoms with Crippen LogP contribution in [-0.4, -0.2) is 84.8 Å². The molecule has 0 aromatic rings. The summed E-state index contributed by atoms with van der Waals surface area (Å²) in [6.07, 6.45) is -7.81. The zero-order valence-corrected chi connectivity index (χ0v) is 21.6. The lowest BCUT2D eigenvalue weighted by Gasteiger charge is -2.44. The van der Waals surface area contributed by atoms with Gasteiger partial charge in [0, 0.05) is 27.7 Å². The number of hydrogen-bond acceptors (Lipinski definition) is 12. The van der Waals surface area contributed by atoms with E-state index in [2.05, 4.69) is 10.6 Å². The number of hydrogen-bond donors (Lipinski definition) is 2. The Hall–Kier alpha value is -3.42. The lowest BCUT2D eigenvalue weighted by atomic mass is 9.97. The number of nitrogens with one attached hydrogen (secondary N) is 2. The van der Waals surface area contributed by atoms with Gasteiger partial charge >= 0.3 is 30.0 Å². The molecule has 204 valence electrons. The summed E-state index contributed by atoms with van der Waals surface area (Å²) in [6.45, 7) is 10.2. The van der Waals surface area contributed by atoms with Crippen molar-refractivity contribution in [3.63, 3.8) is 0 Å². The highest BCUT2D eigenvalue weighted by Crippen LogP contribution is 2.28. The summed E-state index contributed by atoms with van der Waals surface area (Å²) >= 11 is 0. The molecule has 1 aliphatic rings. The van der Waals surface area contributed by atoms with Gasteiger partial charge in [-0.2, -0.15) is 0 Å². The van der Waals surface area contributed by atoms with E-state index < -0.39 is 84.8 Å². The molecule has 1 saturated heterocycles. The third kappa shape index (κ3) is 10.5. The van der Waals surface area contributed by atoms with Crippen molar-refractivity contribution in [3.8, 4) is 0 Å². The van der Waals surface area contributed by atoms with Crippen LogP contribution in [0.3, 0.4) is 0 Å². The normalized spacial score (nSPS) is 24.4. The van der Waals surface area contributed by atoms with Crippen LogP contribution < -0.4 is 10.6 Å². The molecule has 1 fully saturated rings. The summed E-state index contributed by atoms with van der Waals surface area (Å²) < 4.78 is 31.7. The first-order valence-electron chi connectivity index (χ1n) is 11.1. The highest BCUT2D eigenvalue weighted by Gasteiger charge is 2.52. The third-order valence-electron chi connectivity index (χ3n) is 4.40. The molecule has 36 heavy (non-hydrogen) atoms. The van der Waals surface area contributed by atoms with Crippen LogP contribution in [0.4, 0.5) is 4.79 Å². The molecule has 0 aliphatic carbocycles. The zero-order valence-electron chi connectivity index (χ0n) is 21.6. The summed E-state index contributed by atoms with van der Waals surface area (Å²) in [6, 6.07) is -1.13. The van der Waals surface area contributed by atoms with Gasteiger partial charge in [-0.3, -0.25) is 24.0 Å². The van der Waals surface area contributed by atoms with Gasteiger partial charge in [-0.05, 0) is 27.7 Å². The Bertz CT molecular complexity index is 852. The first-order valence-corrected chi connectivity index (χ1v) is 11.1. The van der Waals surface area contributed by atoms with Gasteiger partial charge in [0.05, 0.1) is 0 Å². The molecule has 0 aromatic carbocycles. The number of carbonyl (C=O) groups is 6. The fourth-order valence-electron chi connectivity index (χ4n) is 3.16. The van der Waals surface area contributed by atoms with E-state index in [0.717, 1.165) is 27.7 Å². The van der Waals surface area contributed by atoms with Crippen molar-refractivity contribution in [3.05, 3.63) is 0 Å². The number of rotatable bonds is 8. The minimum absolute atomic E-state index is 0.448. The van der Waals surface area contributed by atoms with Crippen LogP contribution in [0.5, 0.6) is 0 Å². The van der Waals surface area contributed by atoms with Gasteiger partial charge in [-0.25, -0.2) is 4.79 Å². The summed E-state index contributed by atoms with van der Waals surface area (Å²) in [5.41, 5.74) is -0.805. The van der Waals surface area contributed by atoms with Crippen molar-refractivity contribution in [2.24, 2.45) is 0 Å². The number of ether oxygens (including phenoxy) is 6. The standard InChI is InChI=1S/C22H34N2O12/c1-10(23-21(30)36-22(6,7)8)19(29)24-20-18(34-14(5)28)17(33-13(4)27)16(32-12(3)26)15(35-20)9-31-11(2)25/h10,15-18,20H,9H2,1-8H3,(H,23,30)(H,24,29)/t10-,15+,16-,17-,18+,20+/m0/s1. The maximum absolute atomic E-state index is 12.8. The van der Waals surface area contributed by atoms with Crippen molar-refractivity contribution < 1.29 is 57.2 Å². The molecule has 0 unspecified atom stereocenters. The van der Waals surface area contributed by atoms with Crippen LogP contribution in [-0.2, 0) is 52.4 Å². The van der Waals surface area contributed by atoms with Crippen LogP contribution >= 0.6 is 0 Å². The number of carbonyl (C=O) groups excluding carboxylic acids is 6.